The second kappa shape index (κ2) is 12.4. The zero-order valence-corrected chi connectivity index (χ0v) is 16.6. The predicted molar refractivity (Wildman–Crippen MR) is 101 cm³/mol. The van der Waals surface area contributed by atoms with Gasteiger partial charge in [-0.05, 0) is 36.1 Å². The van der Waals surface area contributed by atoms with Crippen LogP contribution < -0.4 is 19.9 Å². The van der Waals surface area contributed by atoms with Gasteiger partial charge in [0.15, 0.2) is 11.5 Å². The van der Waals surface area contributed by atoms with E-state index < -0.39 is 17.3 Å². The van der Waals surface area contributed by atoms with Gasteiger partial charge >= 0.3 is 5.97 Å². The minimum atomic E-state index is -0.931. The van der Waals surface area contributed by atoms with Crippen LogP contribution in [-0.4, -0.2) is 43.2 Å². The molecular weight excluding hydrogens is 362 g/mol. The largest absolute Gasteiger partial charge is 0.493 e. The average molecular weight is 390 g/mol. The monoisotopic (exact) mass is 389 g/mol. The summed E-state index contributed by atoms with van der Waals surface area (Å²) in [6, 6.07) is 2.37. The maximum Gasteiger partial charge on any atom is 0.320 e. The Labute approximate surface area is 159 Å². The molecule has 0 saturated carbocycles. The van der Waals surface area contributed by atoms with Gasteiger partial charge in [0.1, 0.15) is 6.04 Å². The molecule has 1 aromatic carbocycles. The van der Waals surface area contributed by atoms with Gasteiger partial charge in [-0.25, -0.2) is 0 Å². The standard InChI is InChI=1S/C13H17ClO4.C5H11NO2/c1-4-5-6-18-12-10(16-2)7-9(13(14)15)8-11(12)17-3;1-3(2)4(6)5(7)8/h7-8H,4-6H2,1-3H3;3-4H,6H2,1-2H3,(H,7,8)/t;4-/m.0/s1. The van der Waals surface area contributed by atoms with Crippen LogP contribution in [0.1, 0.15) is 44.0 Å². The molecule has 0 heterocycles. The average Bonchev–Trinajstić information content (AvgIpc) is 2.61. The molecule has 0 fully saturated rings. The molecule has 0 bridgehead atoms. The molecule has 3 N–H and O–H groups in total. The molecule has 0 saturated heterocycles. The number of halogens is 1. The SMILES string of the molecule is CC(C)[C@H](N)C(=O)O.CCCCOc1c(OC)cc(C(=O)Cl)cc1OC. The number of hydrogen-bond acceptors (Lipinski definition) is 6. The van der Waals surface area contributed by atoms with Crippen LogP contribution in [0.5, 0.6) is 17.2 Å². The number of unbranched alkanes of at least 4 members (excludes halogenated alkanes) is 1. The number of hydrogen-bond donors (Lipinski definition) is 2. The van der Waals surface area contributed by atoms with E-state index >= 15 is 0 Å². The molecule has 26 heavy (non-hydrogen) atoms. The number of carbonyl (C=O) groups excluding carboxylic acids is 1. The van der Waals surface area contributed by atoms with Gasteiger partial charge in [0.2, 0.25) is 5.75 Å². The van der Waals surface area contributed by atoms with Crippen molar-refractivity contribution in [1.82, 2.24) is 0 Å². The maximum atomic E-state index is 11.2. The van der Waals surface area contributed by atoms with Crippen molar-refractivity contribution in [3.63, 3.8) is 0 Å². The summed E-state index contributed by atoms with van der Waals surface area (Å²) in [5, 5.41) is 7.66. The number of aliphatic carboxylic acids is 1. The van der Waals surface area contributed by atoms with Crippen LogP contribution in [0.15, 0.2) is 12.1 Å². The molecule has 148 valence electrons. The molecule has 8 heteroatoms. The zero-order valence-electron chi connectivity index (χ0n) is 15.9. The summed E-state index contributed by atoms with van der Waals surface area (Å²) in [4.78, 5) is 21.2. The lowest BCUT2D eigenvalue weighted by molar-refractivity contribution is -0.139. The molecular formula is C18H28ClNO6. The first-order valence-corrected chi connectivity index (χ1v) is 8.64. The Morgan fingerprint density at radius 1 is 1.19 bits per heavy atom. The van der Waals surface area contributed by atoms with Gasteiger partial charge in [0.05, 0.1) is 20.8 Å². The van der Waals surface area contributed by atoms with Gasteiger partial charge < -0.3 is 25.1 Å². The Bertz CT molecular complexity index is 566. The summed E-state index contributed by atoms with van der Waals surface area (Å²) in [5.74, 6) is 0.464. The van der Waals surface area contributed by atoms with E-state index in [1.54, 1.807) is 26.0 Å². The predicted octanol–water partition coefficient (Wildman–Crippen LogP) is 3.32. The summed E-state index contributed by atoms with van der Waals surface area (Å²) >= 11 is 5.45. The topological polar surface area (TPSA) is 108 Å². The number of ether oxygens (including phenoxy) is 3. The van der Waals surface area contributed by atoms with Crippen molar-refractivity contribution in [3.8, 4) is 17.2 Å². The lowest BCUT2D eigenvalue weighted by Crippen LogP contribution is -2.34. The molecule has 7 nitrogen and oxygen atoms in total. The van der Waals surface area contributed by atoms with Crippen LogP contribution in [0.4, 0.5) is 0 Å². The van der Waals surface area contributed by atoms with Crippen molar-refractivity contribution >= 4 is 22.8 Å². The van der Waals surface area contributed by atoms with Crippen LogP contribution in [0, 0.1) is 5.92 Å². The fourth-order valence-corrected chi connectivity index (χ4v) is 1.85. The highest BCUT2D eigenvalue weighted by atomic mass is 35.5. The van der Waals surface area contributed by atoms with Crippen molar-refractivity contribution in [3.05, 3.63) is 17.7 Å². The second-order valence-electron chi connectivity index (χ2n) is 5.79. The van der Waals surface area contributed by atoms with Gasteiger partial charge in [-0.15, -0.1) is 0 Å². The van der Waals surface area contributed by atoms with Crippen LogP contribution in [0.25, 0.3) is 0 Å². The number of carbonyl (C=O) groups is 2. The van der Waals surface area contributed by atoms with Gasteiger partial charge in [0.25, 0.3) is 5.24 Å². The fourth-order valence-electron chi connectivity index (χ4n) is 1.74. The van der Waals surface area contributed by atoms with Gasteiger partial charge in [-0.1, -0.05) is 27.2 Å². The van der Waals surface area contributed by atoms with E-state index in [1.807, 2.05) is 0 Å². The van der Waals surface area contributed by atoms with Crippen LogP contribution in [0.2, 0.25) is 0 Å². The smallest absolute Gasteiger partial charge is 0.320 e. The van der Waals surface area contributed by atoms with Crippen molar-refractivity contribution in [2.75, 3.05) is 20.8 Å². The number of carboxylic acid groups (broad SMARTS) is 1. The lowest BCUT2D eigenvalue weighted by Gasteiger charge is -2.15. The Morgan fingerprint density at radius 3 is 1.96 bits per heavy atom. The highest BCUT2D eigenvalue weighted by Gasteiger charge is 2.16. The summed E-state index contributed by atoms with van der Waals surface area (Å²) in [6.07, 6.45) is 1.96. The first-order chi connectivity index (χ1) is 12.2. The van der Waals surface area contributed by atoms with Crippen LogP contribution in [-0.2, 0) is 4.79 Å². The molecule has 1 rings (SSSR count). The summed E-state index contributed by atoms with van der Waals surface area (Å²) < 4.78 is 16.0. The van der Waals surface area contributed by atoms with Crippen LogP contribution in [0.3, 0.4) is 0 Å². The zero-order chi connectivity index (χ0) is 20.3. The normalized spacial score (nSPS) is 11.2. The highest BCUT2D eigenvalue weighted by Crippen LogP contribution is 2.39. The molecule has 0 aliphatic heterocycles. The third-order valence-corrected chi connectivity index (χ3v) is 3.65. The van der Waals surface area contributed by atoms with E-state index in [4.69, 9.17) is 36.7 Å². The summed E-state index contributed by atoms with van der Waals surface area (Å²) in [5.41, 5.74) is 5.47. The van der Waals surface area contributed by atoms with Crippen LogP contribution >= 0.6 is 11.6 Å². The molecule has 1 atom stereocenters. The molecule has 0 aliphatic carbocycles. The minimum Gasteiger partial charge on any atom is -0.493 e. The minimum absolute atomic E-state index is 0.0208. The fraction of sp³-hybridized carbons (Fsp3) is 0.556. The van der Waals surface area contributed by atoms with E-state index in [0.29, 0.717) is 29.4 Å². The molecule has 0 radical (unpaired) electrons. The number of benzene rings is 1. The maximum absolute atomic E-state index is 11.2. The molecule has 0 aliphatic rings. The summed E-state index contributed by atoms with van der Waals surface area (Å²) in [7, 11) is 3.01. The highest BCUT2D eigenvalue weighted by molar-refractivity contribution is 6.67. The van der Waals surface area contributed by atoms with E-state index in [1.165, 1.54) is 14.2 Å². The molecule has 0 amide bonds. The van der Waals surface area contributed by atoms with Crippen molar-refractivity contribution in [2.24, 2.45) is 11.7 Å². The summed E-state index contributed by atoms with van der Waals surface area (Å²) in [6.45, 7) is 6.20. The van der Waals surface area contributed by atoms with Gasteiger partial charge in [-0.3, -0.25) is 9.59 Å². The van der Waals surface area contributed by atoms with E-state index in [2.05, 4.69) is 6.92 Å². The quantitative estimate of drug-likeness (QED) is 0.492. The Kier molecular flexibility index (Phi) is 11.4. The first kappa shape index (κ1) is 24.0. The van der Waals surface area contributed by atoms with E-state index in [-0.39, 0.29) is 5.92 Å². The first-order valence-electron chi connectivity index (χ1n) is 8.26. The van der Waals surface area contributed by atoms with E-state index in [9.17, 15) is 9.59 Å². The Hall–Kier alpha value is -1.99. The molecule has 1 aromatic rings. The molecule has 0 unspecified atom stereocenters. The number of rotatable bonds is 9. The molecule has 0 aromatic heterocycles. The number of methoxy groups -OCH3 is 2. The molecule has 0 spiro atoms. The van der Waals surface area contributed by atoms with Crippen molar-refractivity contribution < 1.29 is 28.9 Å². The van der Waals surface area contributed by atoms with E-state index in [0.717, 1.165) is 12.8 Å². The Morgan fingerprint density at radius 2 is 1.69 bits per heavy atom. The van der Waals surface area contributed by atoms with Crippen molar-refractivity contribution in [2.45, 2.75) is 39.7 Å². The third kappa shape index (κ3) is 7.93. The Balaban J connectivity index is 0.000000660. The number of nitrogens with two attached hydrogens (primary N) is 1. The third-order valence-electron chi connectivity index (χ3n) is 3.44. The second-order valence-corrected chi connectivity index (χ2v) is 6.14. The van der Waals surface area contributed by atoms with Gasteiger partial charge in [-0.2, -0.15) is 0 Å². The lowest BCUT2D eigenvalue weighted by atomic mass is 10.1. The number of carboxylic acids is 1. The van der Waals surface area contributed by atoms with Gasteiger partial charge in [0, 0.05) is 5.56 Å². The van der Waals surface area contributed by atoms with Crippen molar-refractivity contribution in [1.29, 1.82) is 0 Å².